The molecule has 0 atom stereocenters. The van der Waals surface area contributed by atoms with Crippen LogP contribution in [-0.4, -0.2) is 38.7 Å². The number of thiophene rings is 1. The summed E-state index contributed by atoms with van der Waals surface area (Å²) in [5, 5.41) is 6.84. The van der Waals surface area contributed by atoms with Gasteiger partial charge in [0.1, 0.15) is 4.83 Å². The monoisotopic (exact) mass is 378 g/mol. The second-order valence-corrected chi connectivity index (χ2v) is 8.43. The van der Waals surface area contributed by atoms with E-state index in [0.29, 0.717) is 5.92 Å². The third-order valence-electron chi connectivity index (χ3n) is 5.75. The minimum absolute atomic E-state index is 0.160. The van der Waals surface area contributed by atoms with Crippen LogP contribution < -0.4 is 0 Å². The number of aromatic amines is 1. The highest BCUT2D eigenvalue weighted by molar-refractivity contribution is 7.20. The Morgan fingerprint density at radius 3 is 2.78 bits per heavy atom. The molecule has 1 aliphatic heterocycles. The van der Waals surface area contributed by atoms with E-state index in [1.165, 1.54) is 16.5 Å². The van der Waals surface area contributed by atoms with Crippen molar-refractivity contribution in [2.45, 2.75) is 25.7 Å². The van der Waals surface area contributed by atoms with E-state index in [2.05, 4.69) is 40.5 Å². The summed E-state index contributed by atoms with van der Waals surface area (Å²) in [6.07, 6.45) is 4.17. The fourth-order valence-electron chi connectivity index (χ4n) is 4.29. The largest absolute Gasteiger partial charge is 0.361 e. The van der Waals surface area contributed by atoms with Gasteiger partial charge in [0.05, 0.1) is 10.6 Å². The van der Waals surface area contributed by atoms with Gasteiger partial charge in [0.25, 0.3) is 5.91 Å². The molecule has 3 aromatic heterocycles. The molecule has 1 amide bonds. The number of carbonyl (C=O) groups is 1. The Labute approximate surface area is 161 Å². The van der Waals surface area contributed by atoms with Crippen molar-refractivity contribution in [3.8, 4) is 0 Å². The molecule has 0 unspecified atom stereocenters. The Bertz CT molecular complexity index is 1110. The fourth-order valence-corrected chi connectivity index (χ4v) is 5.38. The van der Waals surface area contributed by atoms with Crippen molar-refractivity contribution < 1.29 is 4.79 Å². The van der Waals surface area contributed by atoms with Crippen LogP contribution in [0, 0.1) is 6.92 Å². The van der Waals surface area contributed by atoms with Gasteiger partial charge in [-0.25, -0.2) is 0 Å². The zero-order valence-corrected chi connectivity index (χ0v) is 16.3. The molecule has 5 rings (SSSR count). The summed E-state index contributed by atoms with van der Waals surface area (Å²) in [7, 11) is 1.94. The highest BCUT2D eigenvalue weighted by Gasteiger charge is 2.27. The first-order valence-electron chi connectivity index (χ1n) is 9.40. The maximum absolute atomic E-state index is 13.0. The predicted octanol–water partition coefficient (Wildman–Crippen LogP) is 4.44. The number of fused-ring (bicyclic) bond motifs is 2. The van der Waals surface area contributed by atoms with Gasteiger partial charge in [-0.3, -0.25) is 9.48 Å². The third kappa shape index (κ3) is 2.67. The Hall–Kier alpha value is -2.60. The second-order valence-electron chi connectivity index (χ2n) is 7.39. The molecule has 1 fully saturated rings. The van der Waals surface area contributed by atoms with Crippen molar-refractivity contribution in [1.29, 1.82) is 0 Å². The molecule has 4 heterocycles. The summed E-state index contributed by atoms with van der Waals surface area (Å²) in [4.78, 5) is 20.3. The van der Waals surface area contributed by atoms with Gasteiger partial charge in [0.15, 0.2) is 0 Å². The lowest BCUT2D eigenvalue weighted by molar-refractivity contribution is 0.0718. The number of amides is 1. The molecular weight excluding hydrogens is 356 g/mol. The summed E-state index contributed by atoms with van der Waals surface area (Å²) in [5.41, 5.74) is 3.57. The van der Waals surface area contributed by atoms with Gasteiger partial charge in [0, 0.05) is 42.6 Å². The summed E-state index contributed by atoms with van der Waals surface area (Å²) in [5.74, 6) is 0.673. The van der Waals surface area contributed by atoms with E-state index in [0.717, 1.165) is 46.7 Å². The first-order chi connectivity index (χ1) is 13.1. The number of aromatic nitrogens is 3. The first-order valence-corrected chi connectivity index (χ1v) is 10.2. The van der Waals surface area contributed by atoms with Crippen LogP contribution in [0.3, 0.4) is 0 Å². The molecule has 1 aromatic carbocycles. The van der Waals surface area contributed by atoms with Crippen LogP contribution in [0.25, 0.3) is 21.1 Å². The van der Waals surface area contributed by atoms with E-state index in [1.54, 1.807) is 11.3 Å². The molecule has 0 saturated carbocycles. The van der Waals surface area contributed by atoms with Crippen molar-refractivity contribution in [2.24, 2.45) is 7.05 Å². The first kappa shape index (κ1) is 16.6. The van der Waals surface area contributed by atoms with E-state index >= 15 is 0 Å². The van der Waals surface area contributed by atoms with Crippen LogP contribution in [0.2, 0.25) is 0 Å². The number of hydrogen-bond donors (Lipinski definition) is 1. The van der Waals surface area contributed by atoms with E-state index in [9.17, 15) is 4.79 Å². The average Bonchev–Trinajstić information content (AvgIpc) is 3.38. The summed E-state index contributed by atoms with van der Waals surface area (Å²) in [6.45, 7) is 3.62. The minimum Gasteiger partial charge on any atom is -0.361 e. The van der Waals surface area contributed by atoms with Gasteiger partial charge in [-0.2, -0.15) is 5.10 Å². The summed E-state index contributed by atoms with van der Waals surface area (Å²) >= 11 is 1.55. The van der Waals surface area contributed by atoms with Crippen LogP contribution in [0.4, 0.5) is 0 Å². The normalized spacial score (nSPS) is 15.9. The molecule has 138 valence electrons. The van der Waals surface area contributed by atoms with Crippen molar-refractivity contribution >= 4 is 38.4 Å². The smallest absolute Gasteiger partial charge is 0.264 e. The van der Waals surface area contributed by atoms with Crippen LogP contribution in [0.5, 0.6) is 0 Å². The van der Waals surface area contributed by atoms with E-state index in [1.807, 2.05) is 29.6 Å². The van der Waals surface area contributed by atoms with Gasteiger partial charge < -0.3 is 9.88 Å². The van der Waals surface area contributed by atoms with Crippen LogP contribution in [0.15, 0.2) is 36.5 Å². The third-order valence-corrected chi connectivity index (χ3v) is 6.94. The van der Waals surface area contributed by atoms with Crippen molar-refractivity contribution in [3.63, 3.8) is 0 Å². The standard InChI is InChI=1S/C21H22N4OS/c1-13-16-11-19(27-21(16)24(2)23-13)20(26)25-9-7-14(8-10-25)17-12-22-18-6-4-3-5-15(17)18/h3-6,11-12,14,22H,7-10H2,1-2H3. The van der Waals surface area contributed by atoms with Crippen molar-refractivity contribution in [1.82, 2.24) is 19.7 Å². The molecule has 5 nitrogen and oxygen atoms in total. The lowest BCUT2D eigenvalue weighted by Crippen LogP contribution is -2.37. The molecule has 0 bridgehead atoms. The number of nitrogens with zero attached hydrogens (tertiary/aromatic N) is 3. The Morgan fingerprint density at radius 1 is 1.22 bits per heavy atom. The molecule has 0 radical (unpaired) electrons. The van der Waals surface area contributed by atoms with Gasteiger partial charge in [-0.1, -0.05) is 18.2 Å². The minimum atomic E-state index is 0.160. The molecule has 1 saturated heterocycles. The Morgan fingerprint density at radius 2 is 2.00 bits per heavy atom. The number of likely N-dealkylation sites (tertiary alicyclic amines) is 1. The number of nitrogens with one attached hydrogen (secondary N) is 1. The molecular formula is C21H22N4OS. The average molecular weight is 379 g/mol. The number of para-hydroxylation sites is 1. The molecule has 6 heteroatoms. The number of rotatable bonds is 2. The topological polar surface area (TPSA) is 53.9 Å². The number of hydrogen-bond acceptors (Lipinski definition) is 3. The van der Waals surface area contributed by atoms with Crippen molar-refractivity contribution in [3.05, 3.63) is 52.7 Å². The quantitative estimate of drug-likeness (QED) is 0.560. The molecule has 0 aliphatic carbocycles. The van der Waals surface area contributed by atoms with Gasteiger partial charge in [-0.05, 0) is 43.4 Å². The number of piperidine rings is 1. The number of aryl methyl sites for hydroxylation is 2. The maximum atomic E-state index is 13.0. The van der Waals surface area contributed by atoms with Crippen molar-refractivity contribution in [2.75, 3.05) is 13.1 Å². The maximum Gasteiger partial charge on any atom is 0.264 e. The van der Waals surface area contributed by atoms with E-state index < -0.39 is 0 Å². The fraction of sp³-hybridized carbons (Fsp3) is 0.333. The number of H-pyrrole nitrogens is 1. The van der Waals surface area contributed by atoms with E-state index in [-0.39, 0.29) is 5.91 Å². The second kappa shape index (κ2) is 6.23. The van der Waals surface area contributed by atoms with Gasteiger partial charge >= 0.3 is 0 Å². The SMILES string of the molecule is Cc1nn(C)c2sc(C(=O)N3CCC(c4c[nH]c5ccccc45)CC3)cc12. The highest BCUT2D eigenvalue weighted by Crippen LogP contribution is 2.34. The lowest BCUT2D eigenvalue weighted by atomic mass is 9.89. The van der Waals surface area contributed by atoms with Crippen LogP contribution in [0.1, 0.15) is 39.7 Å². The molecule has 1 aliphatic rings. The Kier molecular flexibility index (Phi) is 3.82. The zero-order valence-electron chi connectivity index (χ0n) is 15.5. The number of carbonyl (C=O) groups excluding carboxylic acids is 1. The highest BCUT2D eigenvalue weighted by atomic mass is 32.1. The van der Waals surface area contributed by atoms with E-state index in [4.69, 9.17) is 0 Å². The Balaban J connectivity index is 1.33. The summed E-state index contributed by atoms with van der Waals surface area (Å²) in [6, 6.07) is 10.5. The molecule has 1 N–H and O–H groups in total. The lowest BCUT2D eigenvalue weighted by Gasteiger charge is -2.31. The van der Waals surface area contributed by atoms with Crippen LogP contribution in [-0.2, 0) is 7.05 Å². The number of benzene rings is 1. The van der Waals surface area contributed by atoms with Gasteiger partial charge in [-0.15, -0.1) is 11.3 Å². The van der Waals surface area contributed by atoms with Crippen LogP contribution >= 0.6 is 11.3 Å². The zero-order chi connectivity index (χ0) is 18.5. The molecule has 27 heavy (non-hydrogen) atoms. The van der Waals surface area contributed by atoms with Gasteiger partial charge in [0.2, 0.25) is 0 Å². The summed E-state index contributed by atoms with van der Waals surface area (Å²) < 4.78 is 1.87. The predicted molar refractivity (Wildman–Crippen MR) is 110 cm³/mol. The molecule has 0 spiro atoms. The molecule has 4 aromatic rings.